The number of aryl methyl sites for hydroxylation is 1. The highest BCUT2D eigenvalue weighted by atomic mass is 16.3. The zero-order valence-electron chi connectivity index (χ0n) is 35.7. The molecule has 0 bridgehead atoms. The van der Waals surface area contributed by atoms with Crippen LogP contribution in [-0.4, -0.2) is 0 Å². The Labute approximate surface area is 354 Å². The van der Waals surface area contributed by atoms with Crippen LogP contribution in [0.5, 0.6) is 0 Å². The van der Waals surface area contributed by atoms with Crippen molar-refractivity contribution >= 4 is 21.9 Å². The Morgan fingerprint density at radius 1 is 0.433 bits per heavy atom. The molecule has 0 spiro atoms. The zero-order chi connectivity index (χ0) is 41.1. The van der Waals surface area contributed by atoms with Crippen molar-refractivity contribution in [1.82, 2.24) is 0 Å². The summed E-state index contributed by atoms with van der Waals surface area (Å²) in [6.45, 7) is 16.5. The summed E-state index contributed by atoms with van der Waals surface area (Å²) >= 11 is 0. The molecule has 1 aromatic heterocycles. The fourth-order valence-electron chi connectivity index (χ4n) is 11.0. The molecule has 2 aliphatic rings. The Bertz CT molecular complexity index is 3220. The predicted octanol–water partition coefficient (Wildman–Crippen LogP) is 16.4. The molecule has 0 saturated heterocycles. The Hall–Kier alpha value is -6.44. The third-order valence-electron chi connectivity index (χ3n) is 14.4. The monoisotopic (exact) mass is 774 g/mol. The average Bonchev–Trinajstić information content (AvgIpc) is 3.83. The average molecular weight is 775 g/mol. The first-order chi connectivity index (χ1) is 29.0. The molecule has 1 unspecified atom stereocenters. The van der Waals surface area contributed by atoms with Gasteiger partial charge >= 0.3 is 0 Å². The normalized spacial score (nSPS) is 14.8. The molecule has 0 radical (unpaired) electrons. The number of hydrogen-bond acceptors (Lipinski definition) is 1. The van der Waals surface area contributed by atoms with E-state index in [0.29, 0.717) is 5.92 Å². The van der Waals surface area contributed by atoms with Gasteiger partial charge in [-0.1, -0.05) is 174 Å². The number of benzene rings is 8. The molecule has 1 atom stereocenters. The maximum absolute atomic E-state index is 6.48. The maximum Gasteiger partial charge on any atom is 0.143 e. The second-order valence-electron chi connectivity index (χ2n) is 18.4. The lowest BCUT2D eigenvalue weighted by atomic mass is 9.78. The third-order valence-corrected chi connectivity index (χ3v) is 14.4. The molecule has 60 heavy (non-hydrogen) atoms. The maximum atomic E-state index is 6.48. The van der Waals surface area contributed by atoms with Gasteiger partial charge in [-0.15, -0.1) is 0 Å². The predicted molar refractivity (Wildman–Crippen MR) is 253 cm³/mol. The molecule has 0 fully saturated rings. The molecule has 1 heteroatoms. The van der Waals surface area contributed by atoms with E-state index < -0.39 is 0 Å². The van der Waals surface area contributed by atoms with Gasteiger partial charge in [0.25, 0.3) is 0 Å². The number of fused-ring (bicyclic) bond motifs is 9. The molecule has 0 N–H and O–H groups in total. The molecule has 1 heterocycles. The van der Waals surface area contributed by atoms with Crippen molar-refractivity contribution in [1.29, 1.82) is 0 Å². The largest absolute Gasteiger partial charge is 0.455 e. The minimum absolute atomic E-state index is 0.123. The van der Waals surface area contributed by atoms with Crippen molar-refractivity contribution in [3.63, 3.8) is 0 Å². The quantitative estimate of drug-likeness (QED) is 0.164. The van der Waals surface area contributed by atoms with Gasteiger partial charge in [0.05, 0.1) is 0 Å². The zero-order valence-corrected chi connectivity index (χ0v) is 35.7. The second kappa shape index (κ2) is 13.3. The van der Waals surface area contributed by atoms with Crippen LogP contribution in [0.25, 0.3) is 77.6 Å². The molecule has 292 valence electrons. The Balaban J connectivity index is 0.923. The summed E-state index contributed by atoms with van der Waals surface area (Å²) in [7, 11) is 0. The van der Waals surface area contributed by atoms with Gasteiger partial charge in [-0.05, 0) is 133 Å². The van der Waals surface area contributed by atoms with E-state index in [1.54, 1.807) is 0 Å². The molecule has 8 aromatic carbocycles. The summed E-state index contributed by atoms with van der Waals surface area (Å²) < 4.78 is 6.48. The molecule has 0 amide bonds. The summed E-state index contributed by atoms with van der Waals surface area (Å²) in [5, 5.41) is 2.33. The number of rotatable bonds is 6. The fourth-order valence-corrected chi connectivity index (χ4v) is 11.0. The van der Waals surface area contributed by atoms with E-state index in [2.05, 4.69) is 200 Å². The van der Waals surface area contributed by atoms with Crippen LogP contribution in [-0.2, 0) is 10.8 Å². The van der Waals surface area contributed by atoms with Crippen LogP contribution in [0.1, 0.15) is 91.5 Å². The summed E-state index contributed by atoms with van der Waals surface area (Å²) in [5.74, 6) is 0.295. The van der Waals surface area contributed by atoms with Crippen molar-refractivity contribution in [2.45, 2.75) is 71.6 Å². The van der Waals surface area contributed by atoms with E-state index in [1.807, 2.05) is 6.07 Å². The molecule has 2 aliphatic carbocycles. The molecule has 9 aromatic rings. The van der Waals surface area contributed by atoms with Crippen LogP contribution >= 0.6 is 0 Å². The Morgan fingerprint density at radius 3 is 1.55 bits per heavy atom. The third kappa shape index (κ3) is 5.31. The van der Waals surface area contributed by atoms with Crippen LogP contribution in [0, 0.1) is 13.8 Å². The molecular weight excluding hydrogens is 725 g/mol. The topological polar surface area (TPSA) is 13.1 Å². The lowest BCUT2D eigenvalue weighted by Gasteiger charge is -2.26. The molecule has 0 aliphatic heterocycles. The van der Waals surface area contributed by atoms with Crippen LogP contribution in [0.3, 0.4) is 0 Å². The van der Waals surface area contributed by atoms with Crippen molar-refractivity contribution in [2.24, 2.45) is 0 Å². The number of furan rings is 1. The van der Waals surface area contributed by atoms with Crippen molar-refractivity contribution in [3.05, 3.63) is 202 Å². The van der Waals surface area contributed by atoms with E-state index in [0.717, 1.165) is 28.5 Å². The van der Waals surface area contributed by atoms with Gasteiger partial charge in [0.1, 0.15) is 11.2 Å². The van der Waals surface area contributed by atoms with Gasteiger partial charge < -0.3 is 4.42 Å². The second-order valence-corrected chi connectivity index (χ2v) is 18.4. The highest BCUT2D eigenvalue weighted by molar-refractivity contribution is 6.09. The lowest BCUT2D eigenvalue weighted by Crippen LogP contribution is -2.16. The van der Waals surface area contributed by atoms with E-state index in [1.165, 1.54) is 100.0 Å². The van der Waals surface area contributed by atoms with Gasteiger partial charge in [-0.25, -0.2) is 0 Å². The Morgan fingerprint density at radius 2 is 0.917 bits per heavy atom. The standard InChI is InChI=1S/C59H50O/c1-8-41(37-23-27-46-48-29-25-39(33-54(48)58(4,5)52(46)31-37)43-18-13-19-44(36(43)3)42-16-10-9-15-35(42)2)38-24-28-47-49-30-26-40(34-55(49)59(6,7)53(47)32-38)45-20-14-21-51-50-17-11-12-22-56(50)60-57(45)51/h9-34,41H,8H2,1-7H3. The van der Waals surface area contributed by atoms with E-state index in [-0.39, 0.29) is 10.8 Å². The highest BCUT2D eigenvalue weighted by Crippen LogP contribution is 2.53. The Kier molecular flexibility index (Phi) is 8.11. The van der Waals surface area contributed by atoms with Gasteiger partial charge in [-0.3, -0.25) is 0 Å². The smallest absolute Gasteiger partial charge is 0.143 e. The SMILES string of the molecule is CCC(c1ccc2c(c1)C(C)(C)c1cc(-c3cccc(-c4ccccc4C)c3C)ccc1-2)c1ccc2c(c1)C(C)(C)c1cc(-c3cccc4c3oc3ccccc34)ccc1-2. The van der Waals surface area contributed by atoms with Crippen LogP contribution in [0.4, 0.5) is 0 Å². The van der Waals surface area contributed by atoms with Crippen LogP contribution in [0.2, 0.25) is 0 Å². The first-order valence-corrected chi connectivity index (χ1v) is 21.7. The van der Waals surface area contributed by atoms with Gasteiger partial charge in [0, 0.05) is 33.1 Å². The van der Waals surface area contributed by atoms with E-state index in [9.17, 15) is 0 Å². The van der Waals surface area contributed by atoms with Crippen molar-refractivity contribution in [2.75, 3.05) is 0 Å². The molecule has 0 saturated carbocycles. The van der Waals surface area contributed by atoms with E-state index >= 15 is 0 Å². The summed E-state index contributed by atoms with van der Waals surface area (Å²) in [6, 6.07) is 59.3. The van der Waals surface area contributed by atoms with Gasteiger partial charge in [0.2, 0.25) is 0 Å². The molecule has 11 rings (SSSR count). The first-order valence-electron chi connectivity index (χ1n) is 21.7. The van der Waals surface area contributed by atoms with Crippen LogP contribution in [0.15, 0.2) is 162 Å². The van der Waals surface area contributed by atoms with Crippen LogP contribution < -0.4 is 0 Å². The van der Waals surface area contributed by atoms with Gasteiger partial charge in [0.15, 0.2) is 0 Å². The highest BCUT2D eigenvalue weighted by Gasteiger charge is 2.38. The van der Waals surface area contributed by atoms with E-state index in [4.69, 9.17) is 4.42 Å². The minimum Gasteiger partial charge on any atom is -0.455 e. The summed E-state index contributed by atoms with van der Waals surface area (Å²) in [4.78, 5) is 0. The fraction of sp³-hybridized carbons (Fsp3) is 0.186. The molecular formula is C59H50O. The lowest BCUT2D eigenvalue weighted by molar-refractivity contribution is 0.653. The summed E-state index contributed by atoms with van der Waals surface area (Å²) in [5.41, 5.74) is 25.6. The van der Waals surface area contributed by atoms with Gasteiger partial charge in [-0.2, -0.15) is 0 Å². The minimum atomic E-state index is -0.145. The molecule has 1 nitrogen and oxygen atoms in total. The van der Waals surface area contributed by atoms with Crippen molar-refractivity contribution < 1.29 is 4.42 Å². The summed E-state index contributed by atoms with van der Waals surface area (Å²) in [6.07, 6.45) is 1.03. The number of para-hydroxylation sites is 2. The first kappa shape index (κ1) is 36.6. The number of hydrogen-bond donors (Lipinski definition) is 0. The van der Waals surface area contributed by atoms with Crippen molar-refractivity contribution in [3.8, 4) is 55.6 Å².